The molecule has 3 heterocycles. The lowest BCUT2D eigenvalue weighted by molar-refractivity contribution is 0.0947. The van der Waals surface area contributed by atoms with Crippen molar-refractivity contribution in [2.45, 2.75) is 44.4 Å². The number of nitrogens with zero attached hydrogens (tertiary/aromatic N) is 4. The summed E-state index contributed by atoms with van der Waals surface area (Å²) in [7, 11) is 1.92. The second kappa shape index (κ2) is 9.13. The summed E-state index contributed by atoms with van der Waals surface area (Å²) in [6.07, 6.45) is 8.48. The van der Waals surface area contributed by atoms with E-state index in [-0.39, 0.29) is 17.6 Å². The summed E-state index contributed by atoms with van der Waals surface area (Å²) in [4.78, 5) is 18.7. The van der Waals surface area contributed by atoms with Crippen LogP contribution in [0, 0.1) is 12.7 Å². The minimum Gasteiger partial charge on any atom is -0.378 e. The van der Waals surface area contributed by atoms with Gasteiger partial charge in [0.05, 0.1) is 41.6 Å². The summed E-state index contributed by atoms with van der Waals surface area (Å²) in [6, 6.07) is 4.73. The van der Waals surface area contributed by atoms with Crippen LogP contribution < -0.4 is 10.6 Å². The maximum absolute atomic E-state index is 14.5. The van der Waals surface area contributed by atoms with Crippen LogP contribution in [-0.2, 0) is 0 Å². The number of pyridine rings is 1. The number of carbonyl (C=O) groups excluding carboxylic acids is 1. The van der Waals surface area contributed by atoms with Gasteiger partial charge in [0.1, 0.15) is 12.0 Å². The van der Waals surface area contributed by atoms with Gasteiger partial charge in [-0.15, -0.1) is 0 Å². The number of piperidine rings is 1. The molecule has 2 aliphatic rings. The summed E-state index contributed by atoms with van der Waals surface area (Å²) in [5, 5.41) is 10.6. The molecule has 1 saturated carbocycles. The lowest BCUT2D eigenvalue weighted by atomic mass is 9.99. The number of alkyl halides is 1. The minimum absolute atomic E-state index is 0.0343. The molecule has 2 fully saturated rings. The normalized spacial score (nSPS) is 20.8. The predicted octanol–water partition coefficient (Wildman–Crippen LogP) is 3.73. The zero-order chi connectivity index (χ0) is 23.8. The summed E-state index contributed by atoms with van der Waals surface area (Å²) < 4.78 is 30.6. The van der Waals surface area contributed by atoms with Crippen LogP contribution in [0.1, 0.15) is 35.2 Å². The van der Waals surface area contributed by atoms with E-state index in [0.29, 0.717) is 24.2 Å². The summed E-state index contributed by atoms with van der Waals surface area (Å²) >= 11 is 0. The van der Waals surface area contributed by atoms with Crippen LogP contribution in [-0.4, -0.2) is 64.0 Å². The van der Waals surface area contributed by atoms with Crippen LogP contribution in [0.2, 0.25) is 0 Å². The van der Waals surface area contributed by atoms with E-state index in [1.54, 1.807) is 36.3 Å². The molecule has 2 N–H and O–H groups in total. The van der Waals surface area contributed by atoms with E-state index in [2.05, 4.69) is 20.7 Å². The molecule has 0 bridgehead atoms. The Hall–Kier alpha value is -3.33. The summed E-state index contributed by atoms with van der Waals surface area (Å²) in [6.45, 7) is 3.05. The summed E-state index contributed by atoms with van der Waals surface area (Å²) in [5.41, 5.74) is 3.68. The van der Waals surface area contributed by atoms with E-state index in [0.717, 1.165) is 36.2 Å². The molecule has 1 aliphatic heterocycles. The molecule has 0 radical (unpaired) electrons. The van der Waals surface area contributed by atoms with Gasteiger partial charge in [-0.05, 0) is 62.6 Å². The number of rotatable bonds is 6. The molecule has 0 spiro atoms. The highest BCUT2D eigenvalue weighted by Gasteiger charge is 2.28. The smallest absolute Gasteiger partial charge is 0.254 e. The number of hydrogen-bond donors (Lipinski definition) is 2. The number of benzene rings is 1. The number of carbonyl (C=O) groups is 1. The lowest BCUT2D eigenvalue weighted by Gasteiger charge is -2.33. The highest BCUT2D eigenvalue weighted by atomic mass is 19.1. The first kappa shape index (κ1) is 22.5. The van der Waals surface area contributed by atoms with Gasteiger partial charge in [-0.2, -0.15) is 5.10 Å². The highest BCUT2D eigenvalue weighted by molar-refractivity contribution is 5.96. The van der Waals surface area contributed by atoms with Gasteiger partial charge in [0.2, 0.25) is 0 Å². The molecule has 2 atom stereocenters. The van der Waals surface area contributed by atoms with Gasteiger partial charge in [-0.3, -0.25) is 9.78 Å². The first-order chi connectivity index (χ1) is 16.4. The Morgan fingerprint density at radius 2 is 1.97 bits per heavy atom. The molecule has 3 aromatic rings. The number of aryl methyl sites for hydroxylation is 1. The van der Waals surface area contributed by atoms with Crippen LogP contribution in [0.15, 0.2) is 43.0 Å². The van der Waals surface area contributed by atoms with Gasteiger partial charge in [0.15, 0.2) is 0 Å². The van der Waals surface area contributed by atoms with E-state index < -0.39 is 17.9 Å². The first-order valence-corrected chi connectivity index (χ1v) is 11.6. The topological polar surface area (TPSA) is 75.1 Å². The number of amides is 1. The number of likely N-dealkylation sites (tertiary alicyclic amines) is 1. The Morgan fingerprint density at radius 3 is 2.74 bits per heavy atom. The van der Waals surface area contributed by atoms with Crippen molar-refractivity contribution in [3.63, 3.8) is 0 Å². The highest BCUT2D eigenvalue weighted by Crippen LogP contribution is 2.28. The van der Waals surface area contributed by atoms with Crippen LogP contribution in [0.5, 0.6) is 0 Å². The van der Waals surface area contributed by atoms with Gasteiger partial charge in [0.25, 0.3) is 5.91 Å². The summed E-state index contributed by atoms with van der Waals surface area (Å²) in [5.74, 6) is -0.925. The molecule has 178 valence electrons. The SMILES string of the molecule is Cc1cc(F)c(C(=O)NC2CC2)cc1-c1cnn(-c2cncc(NC3CCN(C)CC3F)c2)c1. The number of anilines is 1. The van der Waals surface area contributed by atoms with Gasteiger partial charge >= 0.3 is 0 Å². The fourth-order valence-corrected chi connectivity index (χ4v) is 4.32. The zero-order valence-electron chi connectivity index (χ0n) is 19.3. The van der Waals surface area contributed by atoms with E-state index >= 15 is 0 Å². The van der Waals surface area contributed by atoms with Gasteiger partial charge in [0, 0.05) is 30.9 Å². The largest absolute Gasteiger partial charge is 0.378 e. The molecule has 1 amide bonds. The van der Waals surface area contributed by atoms with E-state index in [4.69, 9.17) is 0 Å². The Kier molecular flexibility index (Phi) is 6.03. The first-order valence-electron chi connectivity index (χ1n) is 11.6. The molecule has 5 rings (SSSR count). The molecule has 2 aromatic heterocycles. The van der Waals surface area contributed by atoms with Crippen molar-refractivity contribution in [3.05, 3.63) is 59.9 Å². The van der Waals surface area contributed by atoms with Crippen molar-refractivity contribution in [2.24, 2.45) is 0 Å². The Bertz CT molecular complexity index is 1210. The molecular weight excluding hydrogens is 438 g/mol. The third-order valence-electron chi connectivity index (χ3n) is 6.45. The third kappa shape index (κ3) is 4.79. The lowest BCUT2D eigenvalue weighted by Crippen LogP contribution is -2.46. The van der Waals surface area contributed by atoms with Crippen molar-refractivity contribution in [1.82, 2.24) is 25.0 Å². The van der Waals surface area contributed by atoms with Crippen LogP contribution in [0.4, 0.5) is 14.5 Å². The minimum atomic E-state index is -0.952. The maximum atomic E-state index is 14.5. The van der Waals surface area contributed by atoms with E-state index in [9.17, 15) is 13.6 Å². The second-order valence-electron chi connectivity index (χ2n) is 9.32. The quantitative estimate of drug-likeness (QED) is 0.579. The van der Waals surface area contributed by atoms with Gasteiger partial charge < -0.3 is 15.5 Å². The fraction of sp³-hybridized carbons (Fsp3) is 0.400. The van der Waals surface area contributed by atoms with Crippen molar-refractivity contribution in [2.75, 3.05) is 25.5 Å². The predicted molar refractivity (Wildman–Crippen MR) is 126 cm³/mol. The Balaban J connectivity index is 1.37. The Labute approximate surface area is 197 Å². The van der Waals surface area contributed by atoms with E-state index in [1.807, 2.05) is 24.2 Å². The van der Waals surface area contributed by atoms with Crippen molar-refractivity contribution >= 4 is 11.6 Å². The Morgan fingerprint density at radius 1 is 1.15 bits per heavy atom. The van der Waals surface area contributed by atoms with Crippen molar-refractivity contribution < 1.29 is 13.6 Å². The number of halogens is 2. The monoisotopic (exact) mass is 466 g/mol. The second-order valence-corrected chi connectivity index (χ2v) is 9.32. The van der Waals surface area contributed by atoms with Crippen molar-refractivity contribution in [3.8, 4) is 16.8 Å². The molecule has 1 aromatic carbocycles. The average molecular weight is 467 g/mol. The molecule has 1 saturated heterocycles. The average Bonchev–Trinajstić information content (AvgIpc) is 3.48. The fourth-order valence-electron chi connectivity index (χ4n) is 4.32. The van der Waals surface area contributed by atoms with Crippen LogP contribution in [0.3, 0.4) is 0 Å². The molecule has 2 unspecified atom stereocenters. The van der Waals surface area contributed by atoms with Crippen molar-refractivity contribution in [1.29, 1.82) is 0 Å². The molecule has 1 aliphatic carbocycles. The van der Waals surface area contributed by atoms with Gasteiger partial charge in [-0.25, -0.2) is 13.5 Å². The van der Waals surface area contributed by atoms with Crippen LogP contribution >= 0.6 is 0 Å². The standard InChI is InChI=1S/C25H28F2N6O/c1-15-7-22(26)21(25(34)31-17-3-4-17)9-20(15)16-10-29-33(13-16)19-8-18(11-28-12-19)30-24-5-6-32(2)14-23(24)27/h7-13,17,23-24,30H,3-6,14H2,1-2H3,(H,31,34). The molecule has 7 nitrogen and oxygen atoms in total. The number of nitrogens with one attached hydrogen (secondary N) is 2. The third-order valence-corrected chi connectivity index (χ3v) is 6.45. The number of aromatic nitrogens is 3. The number of hydrogen-bond acceptors (Lipinski definition) is 5. The van der Waals surface area contributed by atoms with Crippen LogP contribution in [0.25, 0.3) is 16.8 Å². The zero-order valence-corrected chi connectivity index (χ0v) is 19.3. The van der Waals surface area contributed by atoms with Gasteiger partial charge in [-0.1, -0.05) is 0 Å². The maximum Gasteiger partial charge on any atom is 0.254 e. The molecule has 34 heavy (non-hydrogen) atoms. The molecular formula is C25H28F2N6O. The van der Waals surface area contributed by atoms with E-state index in [1.165, 1.54) is 6.07 Å². The molecule has 9 heteroatoms.